The number of pyridine rings is 1. The fourth-order valence-corrected chi connectivity index (χ4v) is 1.29. The molecule has 2 aromatic heterocycles. The van der Waals surface area contributed by atoms with E-state index in [-0.39, 0.29) is 0 Å². The quantitative estimate of drug-likeness (QED) is 0.802. The summed E-state index contributed by atoms with van der Waals surface area (Å²) >= 11 is 0. The first-order chi connectivity index (χ1) is 7.27. The Bertz CT molecular complexity index is 437. The SMILES string of the molecule is Cc1ccnc(NCc2ccco2)c1N. The van der Waals surface area contributed by atoms with E-state index in [1.165, 1.54) is 0 Å². The normalized spacial score (nSPS) is 10.2. The molecular weight excluding hydrogens is 190 g/mol. The van der Waals surface area contributed by atoms with Gasteiger partial charge in [0.15, 0.2) is 0 Å². The van der Waals surface area contributed by atoms with E-state index < -0.39 is 0 Å². The van der Waals surface area contributed by atoms with Crippen molar-refractivity contribution >= 4 is 11.5 Å². The first-order valence-electron chi connectivity index (χ1n) is 4.74. The van der Waals surface area contributed by atoms with Crippen molar-refractivity contribution in [3.05, 3.63) is 42.0 Å². The monoisotopic (exact) mass is 203 g/mol. The van der Waals surface area contributed by atoms with E-state index in [1.54, 1.807) is 12.5 Å². The van der Waals surface area contributed by atoms with Crippen molar-refractivity contribution in [2.75, 3.05) is 11.1 Å². The Balaban J connectivity index is 2.08. The number of nitrogens with one attached hydrogen (secondary N) is 1. The van der Waals surface area contributed by atoms with Gasteiger partial charge in [-0.3, -0.25) is 0 Å². The van der Waals surface area contributed by atoms with Crippen LogP contribution in [-0.4, -0.2) is 4.98 Å². The largest absolute Gasteiger partial charge is 0.467 e. The third-order valence-electron chi connectivity index (χ3n) is 2.22. The molecule has 0 spiro atoms. The Morgan fingerprint density at radius 3 is 3.07 bits per heavy atom. The molecule has 0 fully saturated rings. The second kappa shape index (κ2) is 4.04. The number of nitrogens with zero attached hydrogens (tertiary/aromatic N) is 1. The molecule has 0 radical (unpaired) electrons. The first kappa shape index (κ1) is 9.58. The van der Waals surface area contributed by atoms with Crippen molar-refractivity contribution in [2.24, 2.45) is 0 Å². The maximum atomic E-state index is 5.87. The number of rotatable bonds is 3. The molecule has 4 nitrogen and oxygen atoms in total. The summed E-state index contributed by atoms with van der Waals surface area (Å²) in [5.74, 6) is 1.56. The van der Waals surface area contributed by atoms with Crippen molar-refractivity contribution in [2.45, 2.75) is 13.5 Å². The molecular formula is C11H13N3O. The molecule has 0 bridgehead atoms. The van der Waals surface area contributed by atoms with Gasteiger partial charge in [0.1, 0.15) is 11.6 Å². The fraction of sp³-hybridized carbons (Fsp3) is 0.182. The molecule has 0 amide bonds. The molecule has 0 aliphatic carbocycles. The third-order valence-corrected chi connectivity index (χ3v) is 2.22. The summed E-state index contributed by atoms with van der Waals surface area (Å²) < 4.78 is 5.19. The van der Waals surface area contributed by atoms with Crippen LogP contribution in [0.4, 0.5) is 11.5 Å². The van der Waals surface area contributed by atoms with Crippen LogP contribution in [0.5, 0.6) is 0 Å². The lowest BCUT2D eigenvalue weighted by Gasteiger charge is -2.08. The van der Waals surface area contributed by atoms with E-state index in [1.807, 2.05) is 25.1 Å². The van der Waals surface area contributed by atoms with E-state index in [0.29, 0.717) is 18.1 Å². The highest BCUT2D eigenvalue weighted by Gasteiger charge is 2.03. The van der Waals surface area contributed by atoms with Crippen molar-refractivity contribution in [1.82, 2.24) is 4.98 Å². The van der Waals surface area contributed by atoms with Crippen molar-refractivity contribution in [3.8, 4) is 0 Å². The van der Waals surface area contributed by atoms with Crippen LogP contribution in [-0.2, 0) is 6.54 Å². The van der Waals surface area contributed by atoms with E-state index in [4.69, 9.17) is 10.2 Å². The van der Waals surface area contributed by atoms with Crippen LogP contribution in [0.3, 0.4) is 0 Å². The van der Waals surface area contributed by atoms with Crippen LogP contribution in [0.2, 0.25) is 0 Å². The second-order valence-corrected chi connectivity index (χ2v) is 3.32. The van der Waals surface area contributed by atoms with E-state index >= 15 is 0 Å². The molecule has 0 saturated carbocycles. The molecule has 0 aliphatic heterocycles. The molecule has 2 heterocycles. The number of hydrogen-bond donors (Lipinski definition) is 2. The molecule has 78 valence electrons. The Hall–Kier alpha value is -1.97. The van der Waals surface area contributed by atoms with Crippen molar-refractivity contribution < 1.29 is 4.42 Å². The standard InChI is InChI=1S/C11H13N3O/c1-8-4-5-13-11(10(8)12)14-7-9-3-2-6-15-9/h2-6H,7,12H2,1H3,(H,13,14). The second-order valence-electron chi connectivity index (χ2n) is 3.32. The average molecular weight is 203 g/mol. The Labute approximate surface area is 88.1 Å². The number of anilines is 2. The zero-order valence-electron chi connectivity index (χ0n) is 8.53. The molecule has 2 aromatic rings. The highest BCUT2D eigenvalue weighted by molar-refractivity contribution is 5.64. The number of nitrogens with two attached hydrogens (primary N) is 1. The zero-order chi connectivity index (χ0) is 10.7. The lowest BCUT2D eigenvalue weighted by atomic mass is 10.2. The lowest BCUT2D eigenvalue weighted by Crippen LogP contribution is -2.04. The number of aryl methyl sites for hydroxylation is 1. The summed E-state index contributed by atoms with van der Waals surface area (Å²) in [7, 11) is 0. The summed E-state index contributed by atoms with van der Waals surface area (Å²) in [6.45, 7) is 2.54. The van der Waals surface area contributed by atoms with Gasteiger partial charge in [-0.05, 0) is 30.7 Å². The Morgan fingerprint density at radius 1 is 1.47 bits per heavy atom. The maximum absolute atomic E-state index is 5.87. The lowest BCUT2D eigenvalue weighted by molar-refractivity contribution is 0.518. The molecule has 3 N–H and O–H groups in total. The maximum Gasteiger partial charge on any atom is 0.149 e. The van der Waals surface area contributed by atoms with Crippen LogP contribution < -0.4 is 11.1 Å². The number of hydrogen-bond acceptors (Lipinski definition) is 4. The average Bonchev–Trinajstić information content (AvgIpc) is 2.73. The van der Waals surface area contributed by atoms with Crippen LogP contribution in [0.25, 0.3) is 0 Å². The summed E-state index contributed by atoms with van der Waals surface area (Å²) in [4.78, 5) is 4.16. The third kappa shape index (κ3) is 2.10. The van der Waals surface area contributed by atoms with Crippen molar-refractivity contribution in [3.63, 3.8) is 0 Å². The summed E-state index contributed by atoms with van der Waals surface area (Å²) in [5, 5.41) is 3.13. The molecule has 0 unspecified atom stereocenters. The van der Waals surface area contributed by atoms with Crippen LogP contribution >= 0.6 is 0 Å². The minimum Gasteiger partial charge on any atom is -0.467 e. The highest BCUT2D eigenvalue weighted by atomic mass is 16.3. The molecule has 4 heteroatoms. The minimum absolute atomic E-state index is 0.591. The zero-order valence-corrected chi connectivity index (χ0v) is 8.53. The molecule has 0 aromatic carbocycles. The van der Waals surface area contributed by atoms with Gasteiger partial charge in [0, 0.05) is 6.20 Å². The number of furan rings is 1. The molecule has 0 atom stereocenters. The summed E-state index contributed by atoms with van der Waals surface area (Å²) in [6, 6.07) is 5.64. The fourth-order valence-electron chi connectivity index (χ4n) is 1.29. The molecule has 2 rings (SSSR count). The van der Waals surface area contributed by atoms with Gasteiger partial charge in [0.2, 0.25) is 0 Å². The Morgan fingerprint density at radius 2 is 2.33 bits per heavy atom. The van der Waals surface area contributed by atoms with E-state index in [0.717, 1.165) is 11.3 Å². The smallest absolute Gasteiger partial charge is 0.149 e. The highest BCUT2D eigenvalue weighted by Crippen LogP contribution is 2.19. The van der Waals surface area contributed by atoms with Gasteiger partial charge in [-0.15, -0.1) is 0 Å². The first-order valence-corrected chi connectivity index (χ1v) is 4.74. The van der Waals surface area contributed by atoms with Gasteiger partial charge in [0.25, 0.3) is 0 Å². The van der Waals surface area contributed by atoms with E-state index in [9.17, 15) is 0 Å². The van der Waals surface area contributed by atoms with Gasteiger partial charge in [-0.25, -0.2) is 4.98 Å². The predicted molar refractivity (Wildman–Crippen MR) is 59.4 cm³/mol. The summed E-state index contributed by atoms with van der Waals surface area (Å²) in [6.07, 6.45) is 3.38. The van der Waals surface area contributed by atoms with Gasteiger partial charge >= 0.3 is 0 Å². The van der Waals surface area contributed by atoms with Gasteiger partial charge in [0.05, 0.1) is 18.5 Å². The molecule has 0 aliphatic rings. The molecule has 0 saturated heterocycles. The van der Waals surface area contributed by atoms with Crippen LogP contribution in [0.1, 0.15) is 11.3 Å². The van der Waals surface area contributed by atoms with Gasteiger partial charge < -0.3 is 15.5 Å². The Kier molecular flexibility index (Phi) is 2.58. The number of aromatic nitrogens is 1. The van der Waals surface area contributed by atoms with Gasteiger partial charge in [-0.1, -0.05) is 0 Å². The van der Waals surface area contributed by atoms with E-state index in [2.05, 4.69) is 10.3 Å². The van der Waals surface area contributed by atoms with Crippen LogP contribution in [0, 0.1) is 6.92 Å². The predicted octanol–water partition coefficient (Wildman–Crippen LogP) is 2.18. The molecule has 15 heavy (non-hydrogen) atoms. The van der Waals surface area contributed by atoms with Crippen molar-refractivity contribution in [1.29, 1.82) is 0 Å². The van der Waals surface area contributed by atoms with Crippen LogP contribution in [0.15, 0.2) is 35.1 Å². The van der Waals surface area contributed by atoms with Gasteiger partial charge in [-0.2, -0.15) is 0 Å². The minimum atomic E-state index is 0.591. The summed E-state index contributed by atoms with van der Waals surface area (Å²) in [5.41, 5.74) is 7.57. The topological polar surface area (TPSA) is 64.1 Å². The number of nitrogen functional groups attached to an aromatic ring is 1.